The van der Waals surface area contributed by atoms with E-state index in [-0.39, 0.29) is 22.8 Å². The van der Waals surface area contributed by atoms with Crippen molar-refractivity contribution in [2.45, 2.75) is 65.8 Å². The molecule has 0 saturated heterocycles. The van der Waals surface area contributed by atoms with Crippen molar-refractivity contribution in [3.8, 4) is 33.4 Å². The van der Waals surface area contributed by atoms with E-state index in [1.807, 2.05) is 0 Å². The molecule has 0 bridgehead atoms. The van der Waals surface area contributed by atoms with Crippen LogP contribution in [0.5, 0.6) is 0 Å². The van der Waals surface area contributed by atoms with Gasteiger partial charge in [0.25, 0.3) is 0 Å². The summed E-state index contributed by atoms with van der Waals surface area (Å²) in [6.45, 7) is 13.5. The van der Waals surface area contributed by atoms with Gasteiger partial charge < -0.3 is 0 Å². The number of rotatable bonds is 4. The van der Waals surface area contributed by atoms with Gasteiger partial charge in [-0.15, -0.1) is 0 Å². The Kier molecular flexibility index (Phi) is 7.64. The van der Waals surface area contributed by atoms with E-state index in [1.165, 1.54) is 50.1 Å². The van der Waals surface area contributed by atoms with E-state index < -0.39 is 0 Å². The molecule has 2 atom stereocenters. The van der Waals surface area contributed by atoms with Crippen LogP contribution in [0.4, 0.5) is 0 Å². The molecule has 0 spiro atoms. The lowest BCUT2D eigenvalue weighted by Gasteiger charge is -2.33. The quantitative estimate of drug-likeness (QED) is 0.229. The van der Waals surface area contributed by atoms with E-state index in [2.05, 4.69) is 163 Å². The Labute approximate surface area is 275 Å². The zero-order valence-electron chi connectivity index (χ0n) is 28.0. The third-order valence-corrected chi connectivity index (χ3v) is 9.41. The number of hydrogen-bond acceptors (Lipinski definition) is 2. The first-order valence-electron chi connectivity index (χ1n) is 16.7. The van der Waals surface area contributed by atoms with Crippen LogP contribution in [0.25, 0.3) is 45.0 Å². The zero-order valence-corrected chi connectivity index (χ0v) is 28.0. The molecule has 230 valence electrons. The smallest absolute Gasteiger partial charge is 0.103 e. The predicted octanol–water partition coefficient (Wildman–Crippen LogP) is 11.9. The second kappa shape index (κ2) is 11.7. The summed E-state index contributed by atoms with van der Waals surface area (Å²) in [4.78, 5) is 10.7. The minimum Gasteiger partial charge on any atom is -0.279 e. The van der Waals surface area contributed by atoms with Gasteiger partial charge in [0, 0.05) is 33.7 Å². The number of allylic oxidation sites excluding steroid dienone is 5. The SMILES string of the molecule is CC(C)(C)C1=N[C@@H]2c3nc(C(C)(C)C)cc(-c4cc(-c5ccccc5)cc(-c5ccc(C6=CCCC=C6)cc5)c4)c3C=CC2C=C1. The van der Waals surface area contributed by atoms with Crippen molar-refractivity contribution in [3.63, 3.8) is 0 Å². The van der Waals surface area contributed by atoms with Crippen molar-refractivity contribution >= 4 is 17.4 Å². The van der Waals surface area contributed by atoms with Crippen LogP contribution in [0.3, 0.4) is 0 Å². The number of benzene rings is 3. The molecule has 2 heteroatoms. The number of fused-ring (bicyclic) bond motifs is 3. The summed E-state index contributed by atoms with van der Waals surface area (Å²) < 4.78 is 0. The first kappa shape index (κ1) is 30.1. The fourth-order valence-corrected chi connectivity index (χ4v) is 6.68. The van der Waals surface area contributed by atoms with Gasteiger partial charge >= 0.3 is 0 Å². The van der Waals surface area contributed by atoms with Crippen molar-refractivity contribution in [1.82, 2.24) is 4.98 Å². The van der Waals surface area contributed by atoms with Crippen LogP contribution in [0.15, 0.2) is 120 Å². The van der Waals surface area contributed by atoms with Crippen LogP contribution in [-0.4, -0.2) is 10.7 Å². The zero-order chi connectivity index (χ0) is 32.1. The molecule has 0 N–H and O–H groups in total. The summed E-state index contributed by atoms with van der Waals surface area (Å²) >= 11 is 0. The highest BCUT2D eigenvalue weighted by atomic mass is 14.9. The summed E-state index contributed by atoms with van der Waals surface area (Å²) in [5, 5.41) is 0. The van der Waals surface area contributed by atoms with Crippen molar-refractivity contribution in [2.75, 3.05) is 0 Å². The Morgan fingerprint density at radius 3 is 1.91 bits per heavy atom. The molecule has 0 saturated carbocycles. The van der Waals surface area contributed by atoms with Gasteiger partial charge in [-0.2, -0.15) is 0 Å². The molecule has 0 fully saturated rings. The molecule has 0 radical (unpaired) electrons. The van der Waals surface area contributed by atoms with Gasteiger partial charge in [-0.05, 0) is 87.7 Å². The highest BCUT2D eigenvalue weighted by molar-refractivity contribution is 6.00. The normalized spacial score (nSPS) is 18.9. The highest BCUT2D eigenvalue weighted by Crippen LogP contribution is 2.45. The molecular formula is C44H44N2. The van der Waals surface area contributed by atoms with E-state index >= 15 is 0 Å². The minimum atomic E-state index is -0.112. The van der Waals surface area contributed by atoms with Crippen LogP contribution >= 0.6 is 0 Å². The van der Waals surface area contributed by atoms with Gasteiger partial charge in [0.2, 0.25) is 0 Å². The van der Waals surface area contributed by atoms with Crippen molar-refractivity contribution in [3.05, 3.63) is 138 Å². The first-order valence-corrected chi connectivity index (χ1v) is 16.7. The monoisotopic (exact) mass is 600 g/mol. The summed E-state index contributed by atoms with van der Waals surface area (Å²) in [5.74, 6) is 0.216. The molecule has 1 aromatic heterocycles. The summed E-state index contributed by atoms with van der Waals surface area (Å²) in [6.07, 6.45) is 18.3. The second-order valence-corrected chi connectivity index (χ2v) is 15.0. The third kappa shape index (κ3) is 5.89. The average molecular weight is 601 g/mol. The van der Waals surface area contributed by atoms with Crippen LogP contribution in [0.1, 0.15) is 82.9 Å². The molecule has 2 heterocycles. The molecule has 2 aliphatic carbocycles. The Morgan fingerprint density at radius 1 is 0.609 bits per heavy atom. The molecule has 4 aromatic rings. The lowest BCUT2D eigenvalue weighted by atomic mass is 9.79. The second-order valence-electron chi connectivity index (χ2n) is 15.0. The maximum absolute atomic E-state index is 5.38. The summed E-state index contributed by atoms with van der Waals surface area (Å²) in [6, 6.07) is 29.2. The van der Waals surface area contributed by atoms with Gasteiger partial charge in [-0.1, -0.05) is 133 Å². The van der Waals surface area contributed by atoms with E-state index in [4.69, 9.17) is 9.98 Å². The minimum absolute atomic E-state index is 0.0206. The van der Waals surface area contributed by atoms with E-state index in [1.54, 1.807) is 0 Å². The van der Waals surface area contributed by atoms with Crippen LogP contribution in [0.2, 0.25) is 0 Å². The maximum Gasteiger partial charge on any atom is 0.103 e. The van der Waals surface area contributed by atoms with Gasteiger partial charge in [0.05, 0.1) is 5.69 Å². The topological polar surface area (TPSA) is 25.2 Å². The molecule has 0 amide bonds. The number of nitrogens with zero attached hydrogens (tertiary/aromatic N) is 2. The van der Waals surface area contributed by atoms with Gasteiger partial charge in [0.15, 0.2) is 0 Å². The van der Waals surface area contributed by atoms with Crippen LogP contribution < -0.4 is 0 Å². The molecule has 1 unspecified atom stereocenters. The molecule has 7 rings (SSSR count). The summed E-state index contributed by atoms with van der Waals surface area (Å²) in [5.41, 5.74) is 14.2. The molecule has 46 heavy (non-hydrogen) atoms. The fourth-order valence-electron chi connectivity index (χ4n) is 6.68. The van der Waals surface area contributed by atoms with E-state index in [0.717, 1.165) is 29.9 Å². The lowest BCUT2D eigenvalue weighted by Crippen LogP contribution is -2.27. The fraction of sp³-hybridized carbons (Fsp3) is 0.273. The average Bonchev–Trinajstić information content (AvgIpc) is 3.07. The van der Waals surface area contributed by atoms with Gasteiger partial charge in [-0.25, -0.2) is 0 Å². The molecular weight excluding hydrogens is 556 g/mol. The summed E-state index contributed by atoms with van der Waals surface area (Å²) in [7, 11) is 0. The lowest BCUT2D eigenvalue weighted by molar-refractivity contribution is 0.528. The van der Waals surface area contributed by atoms with E-state index in [0.29, 0.717) is 0 Å². The standard InChI is InChI=1S/C44H44N2/c1-43(2,3)39-24-22-33-21-23-37-38(28-40(44(4,5)6)46-42(37)41(33)45-39)36-26-34(30-15-11-8-12-16-30)25-35(27-36)32-19-17-31(18-20-32)29-13-9-7-10-14-29/h8-9,11-28,33,41H,7,10H2,1-6H3/t33?,41-/m0/s1. The molecule has 3 aromatic carbocycles. The van der Waals surface area contributed by atoms with Gasteiger partial charge in [0.1, 0.15) is 6.04 Å². The maximum atomic E-state index is 5.38. The Morgan fingerprint density at radius 2 is 1.26 bits per heavy atom. The Hall–Kier alpha value is -4.56. The Balaban J connectivity index is 1.41. The van der Waals surface area contributed by atoms with E-state index in [9.17, 15) is 0 Å². The number of pyridine rings is 1. The Bertz CT molecular complexity index is 1930. The number of aliphatic imine (C=N–C) groups is 1. The molecule has 3 aliphatic rings. The van der Waals surface area contributed by atoms with Crippen molar-refractivity contribution in [1.29, 1.82) is 0 Å². The predicted molar refractivity (Wildman–Crippen MR) is 197 cm³/mol. The first-order chi connectivity index (χ1) is 22.0. The van der Waals surface area contributed by atoms with Crippen LogP contribution in [0, 0.1) is 11.3 Å². The molecule has 2 nitrogen and oxygen atoms in total. The van der Waals surface area contributed by atoms with Crippen LogP contribution in [-0.2, 0) is 5.41 Å². The third-order valence-electron chi connectivity index (χ3n) is 9.41. The number of hydrogen-bond donors (Lipinski definition) is 0. The largest absolute Gasteiger partial charge is 0.279 e. The number of dihydropyridines is 1. The van der Waals surface area contributed by atoms with Crippen molar-refractivity contribution in [2.24, 2.45) is 16.3 Å². The van der Waals surface area contributed by atoms with Crippen molar-refractivity contribution < 1.29 is 0 Å². The number of aromatic nitrogens is 1. The van der Waals surface area contributed by atoms with Gasteiger partial charge in [-0.3, -0.25) is 9.98 Å². The highest BCUT2D eigenvalue weighted by Gasteiger charge is 2.34. The molecule has 1 aliphatic heterocycles.